The second kappa shape index (κ2) is 5.53. The molecule has 2 rings (SSSR count). The Bertz CT molecular complexity index is 217. The Balaban J connectivity index is 1.69. The smallest absolute Gasteiger partial charge is 0.0575 e. The molecule has 2 nitrogen and oxygen atoms in total. The molecule has 2 heteroatoms. The largest absolute Gasteiger partial charge is 0.303 e. The Hall–Kier alpha value is -0.520. The number of nitrogens with one attached hydrogen (secondary N) is 1. The third-order valence-corrected chi connectivity index (χ3v) is 3.86. The zero-order valence-corrected chi connectivity index (χ0v) is 9.54. The molecule has 1 saturated carbocycles. The summed E-state index contributed by atoms with van der Waals surface area (Å²) in [5, 5.41) is 3.42. The zero-order valence-electron chi connectivity index (χ0n) is 9.54. The minimum absolute atomic E-state index is 0.665. The van der Waals surface area contributed by atoms with Gasteiger partial charge in [-0.15, -0.1) is 6.42 Å². The lowest BCUT2D eigenvalue weighted by Gasteiger charge is -2.36. The fourth-order valence-electron chi connectivity index (χ4n) is 2.94. The Kier molecular flexibility index (Phi) is 4.05. The molecule has 84 valence electrons. The zero-order chi connectivity index (χ0) is 10.5. The lowest BCUT2D eigenvalue weighted by Crippen LogP contribution is -2.45. The molecular weight excluding hydrogens is 184 g/mol. The van der Waals surface area contributed by atoms with Crippen LogP contribution < -0.4 is 5.32 Å². The van der Waals surface area contributed by atoms with Crippen molar-refractivity contribution in [2.75, 3.05) is 19.6 Å². The van der Waals surface area contributed by atoms with Crippen LogP contribution in [0.15, 0.2) is 0 Å². The van der Waals surface area contributed by atoms with Gasteiger partial charge in [-0.05, 0) is 38.8 Å². The van der Waals surface area contributed by atoms with Crippen molar-refractivity contribution >= 4 is 0 Å². The Morgan fingerprint density at radius 1 is 1.13 bits per heavy atom. The van der Waals surface area contributed by atoms with E-state index in [2.05, 4.69) is 16.1 Å². The molecular formula is C13H22N2. The average molecular weight is 206 g/mol. The quantitative estimate of drug-likeness (QED) is 0.706. The number of hydrogen-bond acceptors (Lipinski definition) is 2. The van der Waals surface area contributed by atoms with Gasteiger partial charge < -0.3 is 10.2 Å². The second-order valence-electron chi connectivity index (χ2n) is 4.83. The Morgan fingerprint density at radius 3 is 2.40 bits per heavy atom. The van der Waals surface area contributed by atoms with Crippen molar-refractivity contribution in [2.45, 2.75) is 50.6 Å². The van der Waals surface area contributed by atoms with E-state index in [0.29, 0.717) is 6.04 Å². The molecule has 0 atom stereocenters. The van der Waals surface area contributed by atoms with Crippen molar-refractivity contribution in [2.24, 2.45) is 0 Å². The molecule has 0 bridgehead atoms. The molecule has 0 aromatic carbocycles. The molecule has 1 heterocycles. The van der Waals surface area contributed by atoms with Gasteiger partial charge in [-0.1, -0.05) is 18.8 Å². The van der Waals surface area contributed by atoms with Crippen molar-refractivity contribution in [1.82, 2.24) is 10.2 Å². The number of terminal acetylenes is 1. The van der Waals surface area contributed by atoms with Crippen LogP contribution >= 0.6 is 0 Å². The fraction of sp³-hybridized carbons (Fsp3) is 0.846. The molecule has 1 aliphatic carbocycles. The first-order chi connectivity index (χ1) is 7.40. The van der Waals surface area contributed by atoms with E-state index in [-0.39, 0.29) is 0 Å². The minimum atomic E-state index is 0.665. The molecule has 2 aliphatic rings. The molecule has 1 saturated heterocycles. The molecule has 0 spiro atoms. The van der Waals surface area contributed by atoms with Crippen molar-refractivity contribution in [3.05, 3.63) is 0 Å². The highest BCUT2D eigenvalue weighted by molar-refractivity contribution is 4.90. The summed E-state index contributed by atoms with van der Waals surface area (Å²) in [5.74, 6) is 2.66. The van der Waals surface area contributed by atoms with Crippen LogP contribution in [0.4, 0.5) is 0 Å². The maximum Gasteiger partial charge on any atom is 0.0575 e. The van der Waals surface area contributed by atoms with Crippen LogP contribution in [0.3, 0.4) is 0 Å². The van der Waals surface area contributed by atoms with E-state index in [0.717, 1.165) is 12.6 Å². The molecule has 0 aromatic rings. The summed E-state index contributed by atoms with van der Waals surface area (Å²) in [6.07, 6.45) is 13.6. The van der Waals surface area contributed by atoms with Crippen LogP contribution in [0.2, 0.25) is 0 Å². The summed E-state index contributed by atoms with van der Waals surface area (Å²) in [7, 11) is 0. The first-order valence-corrected chi connectivity index (χ1v) is 6.31. The summed E-state index contributed by atoms with van der Waals surface area (Å²) in [4.78, 5) is 2.70. The molecule has 15 heavy (non-hydrogen) atoms. The van der Waals surface area contributed by atoms with Gasteiger partial charge in [0.2, 0.25) is 0 Å². The van der Waals surface area contributed by atoms with E-state index in [4.69, 9.17) is 6.42 Å². The van der Waals surface area contributed by atoms with Gasteiger partial charge in [-0.25, -0.2) is 0 Å². The minimum Gasteiger partial charge on any atom is -0.303 e. The van der Waals surface area contributed by atoms with Gasteiger partial charge in [0.05, 0.1) is 6.54 Å². The summed E-state index contributed by atoms with van der Waals surface area (Å²) in [5.41, 5.74) is 0. The molecule has 2 fully saturated rings. The molecule has 1 N–H and O–H groups in total. The van der Waals surface area contributed by atoms with Crippen molar-refractivity contribution in [3.63, 3.8) is 0 Å². The van der Waals surface area contributed by atoms with Crippen molar-refractivity contribution < 1.29 is 0 Å². The van der Waals surface area contributed by atoms with Gasteiger partial charge in [-0.3, -0.25) is 0 Å². The van der Waals surface area contributed by atoms with E-state index in [1.165, 1.54) is 51.6 Å². The number of likely N-dealkylation sites (tertiary alicyclic amines) is 1. The molecule has 0 aromatic heterocycles. The van der Waals surface area contributed by atoms with Crippen molar-refractivity contribution in [1.29, 1.82) is 0 Å². The molecule has 1 aliphatic heterocycles. The topological polar surface area (TPSA) is 15.3 Å². The highest BCUT2D eigenvalue weighted by atomic mass is 15.2. The summed E-state index contributed by atoms with van der Waals surface area (Å²) < 4.78 is 0. The Morgan fingerprint density at radius 2 is 1.80 bits per heavy atom. The van der Waals surface area contributed by atoms with Crippen LogP contribution in [-0.2, 0) is 0 Å². The van der Waals surface area contributed by atoms with E-state index in [1.807, 2.05) is 0 Å². The lowest BCUT2D eigenvalue weighted by molar-refractivity contribution is 0.146. The highest BCUT2D eigenvalue weighted by Crippen LogP contribution is 2.25. The van der Waals surface area contributed by atoms with Gasteiger partial charge in [0, 0.05) is 12.1 Å². The van der Waals surface area contributed by atoms with Gasteiger partial charge in [0.1, 0.15) is 0 Å². The number of rotatable bonds is 3. The van der Waals surface area contributed by atoms with Crippen LogP contribution in [0, 0.1) is 12.3 Å². The SMILES string of the molecule is C#CCNC1CCN(C2CCCC2)CC1. The maximum atomic E-state index is 5.25. The highest BCUT2D eigenvalue weighted by Gasteiger charge is 2.26. The van der Waals surface area contributed by atoms with Crippen molar-refractivity contribution in [3.8, 4) is 12.3 Å². The molecule has 0 amide bonds. The van der Waals surface area contributed by atoms with Gasteiger partial charge in [0.25, 0.3) is 0 Å². The first-order valence-electron chi connectivity index (χ1n) is 6.31. The molecule has 0 unspecified atom stereocenters. The van der Waals surface area contributed by atoms with E-state index in [9.17, 15) is 0 Å². The summed E-state index contributed by atoms with van der Waals surface area (Å²) >= 11 is 0. The summed E-state index contributed by atoms with van der Waals surface area (Å²) in [6, 6.07) is 1.57. The normalized spacial score (nSPS) is 25.5. The molecule has 0 radical (unpaired) electrons. The lowest BCUT2D eigenvalue weighted by atomic mass is 10.0. The van der Waals surface area contributed by atoms with Crippen LogP contribution in [0.5, 0.6) is 0 Å². The van der Waals surface area contributed by atoms with Gasteiger partial charge in [0.15, 0.2) is 0 Å². The predicted octanol–water partition coefficient (Wildman–Crippen LogP) is 1.62. The third-order valence-electron chi connectivity index (χ3n) is 3.86. The van der Waals surface area contributed by atoms with Gasteiger partial charge in [-0.2, -0.15) is 0 Å². The Labute approximate surface area is 93.4 Å². The second-order valence-corrected chi connectivity index (χ2v) is 4.83. The monoisotopic (exact) mass is 206 g/mol. The van der Waals surface area contributed by atoms with E-state index < -0.39 is 0 Å². The standard InChI is InChI=1S/C13H22N2/c1-2-9-14-12-7-10-15(11-8-12)13-5-3-4-6-13/h1,12-14H,3-11H2. The van der Waals surface area contributed by atoms with Gasteiger partial charge >= 0.3 is 0 Å². The average Bonchev–Trinajstić information content (AvgIpc) is 2.80. The van der Waals surface area contributed by atoms with Crippen LogP contribution in [0.1, 0.15) is 38.5 Å². The number of nitrogens with zero attached hydrogens (tertiary/aromatic N) is 1. The van der Waals surface area contributed by atoms with Crippen LogP contribution in [-0.4, -0.2) is 36.6 Å². The third kappa shape index (κ3) is 2.96. The van der Waals surface area contributed by atoms with Crippen LogP contribution in [0.25, 0.3) is 0 Å². The first kappa shape index (κ1) is 11.0. The van der Waals surface area contributed by atoms with E-state index >= 15 is 0 Å². The predicted molar refractivity (Wildman–Crippen MR) is 63.7 cm³/mol. The number of piperidine rings is 1. The summed E-state index contributed by atoms with van der Waals surface area (Å²) in [6.45, 7) is 3.27. The fourth-order valence-corrected chi connectivity index (χ4v) is 2.94. The number of hydrogen-bond donors (Lipinski definition) is 1. The maximum absolute atomic E-state index is 5.25. The van der Waals surface area contributed by atoms with E-state index in [1.54, 1.807) is 0 Å².